The Bertz CT molecular complexity index is 558. The van der Waals surface area contributed by atoms with Gasteiger partial charge in [-0.2, -0.15) is 0 Å². The Kier molecular flexibility index (Phi) is 8.26. The number of carbonyl (C=O) groups excluding carboxylic acids is 2. The highest BCUT2D eigenvalue weighted by Crippen LogP contribution is 2.19. The highest BCUT2D eigenvalue weighted by Gasteiger charge is 2.16. The quantitative estimate of drug-likeness (QED) is 0.642. The molecule has 0 aromatic heterocycles. The van der Waals surface area contributed by atoms with Crippen molar-refractivity contribution in [2.75, 3.05) is 47.4 Å². The van der Waals surface area contributed by atoms with Crippen LogP contribution in [-0.2, 0) is 14.3 Å². The summed E-state index contributed by atoms with van der Waals surface area (Å²) in [5.41, 5.74) is 2.07. The van der Waals surface area contributed by atoms with Crippen LogP contribution in [0.25, 0.3) is 0 Å². The van der Waals surface area contributed by atoms with Crippen molar-refractivity contribution in [3.63, 3.8) is 0 Å². The molecule has 24 heavy (non-hydrogen) atoms. The first kappa shape index (κ1) is 20.0. The van der Waals surface area contributed by atoms with Gasteiger partial charge in [-0.25, -0.2) is 0 Å². The number of aryl methyl sites for hydroxylation is 2. The Labute approximate surface area is 144 Å². The second-order valence-electron chi connectivity index (χ2n) is 6.07. The number of methoxy groups -OCH3 is 1. The summed E-state index contributed by atoms with van der Waals surface area (Å²) in [6.45, 7) is 5.47. The number of rotatable bonds is 9. The third-order valence-electron chi connectivity index (χ3n) is 3.68. The normalized spacial score (nSPS) is 10.6. The van der Waals surface area contributed by atoms with E-state index in [1.807, 2.05) is 51.0 Å². The van der Waals surface area contributed by atoms with Gasteiger partial charge in [0.15, 0.2) is 6.61 Å². The summed E-state index contributed by atoms with van der Waals surface area (Å²) < 4.78 is 10.3. The summed E-state index contributed by atoms with van der Waals surface area (Å²) >= 11 is 0. The highest BCUT2D eigenvalue weighted by atomic mass is 16.5. The minimum absolute atomic E-state index is 0.0428. The van der Waals surface area contributed by atoms with E-state index in [0.717, 1.165) is 17.7 Å². The molecule has 0 aliphatic rings. The van der Waals surface area contributed by atoms with Crippen molar-refractivity contribution in [3.05, 3.63) is 29.3 Å². The molecule has 0 bridgehead atoms. The monoisotopic (exact) mass is 336 g/mol. The van der Waals surface area contributed by atoms with Crippen molar-refractivity contribution in [2.24, 2.45) is 0 Å². The largest absolute Gasteiger partial charge is 0.483 e. The number of ether oxygens (including phenoxy) is 2. The molecular weight excluding hydrogens is 308 g/mol. The van der Waals surface area contributed by atoms with Gasteiger partial charge >= 0.3 is 5.97 Å². The van der Waals surface area contributed by atoms with Crippen molar-refractivity contribution >= 4 is 11.9 Å². The Morgan fingerprint density at radius 1 is 1.08 bits per heavy atom. The van der Waals surface area contributed by atoms with Gasteiger partial charge in [0.2, 0.25) is 0 Å². The molecule has 0 saturated heterocycles. The molecule has 6 heteroatoms. The minimum atomic E-state index is -0.326. The summed E-state index contributed by atoms with van der Waals surface area (Å²) in [6.07, 6.45) is 0.180. The van der Waals surface area contributed by atoms with Gasteiger partial charge in [-0.3, -0.25) is 9.59 Å². The van der Waals surface area contributed by atoms with Crippen molar-refractivity contribution in [2.45, 2.75) is 20.3 Å². The minimum Gasteiger partial charge on any atom is -0.483 e. The molecule has 1 aromatic rings. The Morgan fingerprint density at radius 2 is 1.79 bits per heavy atom. The first-order valence-corrected chi connectivity index (χ1v) is 8.03. The van der Waals surface area contributed by atoms with E-state index in [1.165, 1.54) is 7.11 Å². The Hall–Kier alpha value is -2.08. The predicted molar refractivity (Wildman–Crippen MR) is 93.2 cm³/mol. The van der Waals surface area contributed by atoms with E-state index in [-0.39, 0.29) is 24.9 Å². The molecule has 1 amide bonds. The lowest BCUT2D eigenvalue weighted by Crippen LogP contribution is -2.40. The average Bonchev–Trinajstić information content (AvgIpc) is 2.54. The molecule has 0 radical (unpaired) electrons. The Morgan fingerprint density at radius 3 is 2.42 bits per heavy atom. The van der Waals surface area contributed by atoms with Gasteiger partial charge in [-0.1, -0.05) is 12.1 Å². The first-order valence-electron chi connectivity index (χ1n) is 8.03. The highest BCUT2D eigenvalue weighted by molar-refractivity contribution is 5.78. The third-order valence-corrected chi connectivity index (χ3v) is 3.68. The van der Waals surface area contributed by atoms with Gasteiger partial charge < -0.3 is 19.3 Å². The molecule has 0 spiro atoms. The fourth-order valence-corrected chi connectivity index (χ4v) is 2.10. The molecule has 6 nitrogen and oxygen atoms in total. The molecule has 0 aliphatic carbocycles. The fourth-order valence-electron chi connectivity index (χ4n) is 2.10. The van der Waals surface area contributed by atoms with E-state index in [4.69, 9.17) is 4.74 Å². The molecule has 1 aromatic carbocycles. The zero-order chi connectivity index (χ0) is 18.1. The van der Waals surface area contributed by atoms with Crippen LogP contribution in [0.4, 0.5) is 0 Å². The van der Waals surface area contributed by atoms with E-state index >= 15 is 0 Å². The van der Waals surface area contributed by atoms with Gasteiger partial charge in [0.1, 0.15) is 5.75 Å². The number of esters is 1. The van der Waals surface area contributed by atoms with Crippen molar-refractivity contribution in [1.82, 2.24) is 9.80 Å². The number of hydrogen-bond acceptors (Lipinski definition) is 5. The van der Waals surface area contributed by atoms with E-state index < -0.39 is 0 Å². The van der Waals surface area contributed by atoms with Crippen LogP contribution in [0.3, 0.4) is 0 Å². The summed E-state index contributed by atoms with van der Waals surface area (Å²) in [5.74, 6) is 0.249. The van der Waals surface area contributed by atoms with E-state index in [9.17, 15) is 9.59 Å². The van der Waals surface area contributed by atoms with Crippen LogP contribution >= 0.6 is 0 Å². The lowest BCUT2D eigenvalue weighted by atomic mass is 10.1. The number of benzene rings is 1. The number of nitrogens with zero attached hydrogens (tertiary/aromatic N) is 2. The number of amides is 1. The summed E-state index contributed by atoms with van der Waals surface area (Å²) in [4.78, 5) is 27.4. The van der Waals surface area contributed by atoms with E-state index in [1.54, 1.807) is 4.90 Å². The number of hydrogen-bond donors (Lipinski definition) is 0. The van der Waals surface area contributed by atoms with Crippen molar-refractivity contribution in [1.29, 1.82) is 0 Å². The second kappa shape index (κ2) is 9.93. The second-order valence-corrected chi connectivity index (χ2v) is 6.07. The zero-order valence-corrected chi connectivity index (χ0v) is 15.3. The summed E-state index contributed by atoms with van der Waals surface area (Å²) in [6, 6.07) is 5.89. The van der Waals surface area contributed by atoms with Crippen LogP contribution in [0.5, 0.6) is 5.75 Å². The standard InChI is InChI=1S/C18H28N2O4/c1-14-6-7-15(2)16(12-14)24-13-17(21)20(11-10-19(3)4)9-8-18(22)23-5/h6-7,12H,8-11,13H2,1-5H3. The van der Waals surface area contributed by atoms with Crippen LogP contribution in [-0.4, -0.2) is 69.1 Å². The molecular formula is C18H28N2O4. The summed E-state index contributed by atoms with van der Waals surface area (Å²) in [7, 11) is 5.23. The molecule has 0 unspecified atom stereocenters. The maximum absolute atomic E-state index is 12.5. The molecule has 0 saturated carbocycles. The van der Waals surface area contributed by atoms with Gasteiger partial charge in [-0.15, -0.1) is 0 Å². The molecule has 0 N–H and O–H groups in total. The van der Waals surface area contributed by atoms with Crippen molar-refractivity contribution < 1.29 is 19.1 Å². The SMILES string of the molecule is COC(=O)CCN(CCN(C)C)C(=O)COc1cc(C)ccc1C. The molecule has 0 heterocycles. The maximum atomic E-state index is 12.5. The lowest BCUT2D eigenvalue weighted by Gasteiger charge is -2.24. The predicted octanol–water partition coefficient (Wildman–Crippen LogP) is 1.64. The topological polar surface area (TPSA) is 59.1 Å². The van der Waals surface area contributed by atoms with E-state index in [0.29, 0.717) is 18.8 Å². The van der Waals surface area contributed by atoms with Crippen molar-refractivity contribution in [3.8, 4) is 5.75 Å². The molecule has 0 atom stereocenters. The third kappa shape index (κ3) is 7.00. The van der Waals surface area contributed by atoms with E-state index in [2.05, 4.69) is 4.74 Å². The van der Waals surface area contributed by atoms with Gasteiger partial charge in [-0.05, 0) is 45.1 Å². The fraction of sp³-hybridized carbons (Fsp3) is 0.556. The van der Waals surface area contributed by atoms with Crippen LogP contribution < -0.4 is 4.74 Å². The van der Waals surface area contributed by atoms with Crippen LogP contribution in [0.1, 0.15) is 17.5 Å². The van der Waals surface area contributed by atoms with Gasteiger partial charge in [0.25, 0.3) is 5.91 Å². The zero-order valence-electron chi connectivity index (χ0n) is 15.3. The van der Waals surface area contributed by atoms with Crippen LogP contribution in [0.2, 0.25) is 0 Å². The first-order chi connectivity index (χ1) is 11.3. The number of carbonyl (C=O) groups is 2. The molecule has 0 fully saturated rings. The Balaban J connectivity index is 2.64. The maximum Gasteiger partial charge on any atom is 0.307 e. The lowest BCUT2D eigenvalue weighted by molar-refractivity contribution is -0.142. The summed E-state index contributed by atoms with van der Waals surface area (Å²) in [5, 5.41) is 0. The van der Waals surface area contributed by atoms with Gasteiger partial charge in [0.05, 0.1) is 13.5 Å². The van der Waals surface area contributed by atoms with Crippen LogP contribution in [0.15, 0.2) is 18.2 Å². The average molecular weight is 336 g/mol. The molecule has 0 aliphatic heterocycles. The van der Waals surface area contributed by atoms with Crippen LogP contribution in [0, 0.1) is 13.8 Å². The number of likely N-dealkylation sites (N-methyl/N-ethyl adjacent to an activating group) is 1. The molecule has 1 rings (SSSR count). The smallest absolute Gasteiger partial charge is 0.307 e. The van der Waals surface area contributed by atoms with Gasteiger partial charge in [0, 0.05) is 19.6 Å². The molecule has 134 valence electrons.